The van der Waals surface area contributed by atoms with Gasteiger partial charge >= 0.3 is 0 Å². The standard InChI is InChI=1S/C15H9F3N2O3/c16-11-7-13(18)14(8-12(11)17)19-15(21)6-3-9-1-4-10(5-2-9)20(22)23/h1-8H,(H,19,21). The fraction of sp³-hybridized carbons (Fsp3) is 0. The maximum absolute atomic E-state index is 13.4. The van der Waals surface area contributed by atoms with E-state index >= 15 is 0 Å². The Morgan fingerprint density at radius 2 is 1.65 bits per heavy atom. The fourth-order valence-corrected chi connectivity index (χ4v) is 1.67. The molecule has 8 heteroatoms. The molecule has 0 radical (unpaired) electrons. The van der Waals surface area contributed by atoms with Crippen LogP contribution >= 0.6 is 0 Å². The summed E-state index contributed by atoms with van der Waals surface area (Å²) >= 11 is 0. The molecule has 0 spiro atoms. The molecule has 2 rings (SSSR count). The predicted molar refractivity (Wildman–Crippen MR) is 77.1 cm³/mol. The van der Waals surface area contributed by atoms with Crippen molar-refractivity contribution < 1.29 is 22.9 Å². The number of anilines is 1. The highest BCUT2D eigenvalue weighted by Gasteiger charge is 2.11. The average molecular weight is 322 g/mol. The normalized spacial score (nSPS) is 10.7. The maximum atomic E-state index is 13.4. The number of hydrogen-bond donors (Lipinski definition) is 1. The van der Waals surface area contributed by atoms with Gasteiger partial charge in [0.05, 0.1) is 10.6 Å². The van der Waals surface area contributed by atoms with E-state index in [9.17, 15) is 28.1 Å². The van der Waals surface area contributed by atoms with Gasteiger partial charge in [-0.15, -0.1) is 0 Å². The molecule has 0 aromatic heterocycles. The second-order valence-corrected chi connectivity index (χ2v) is 4.42. The molecule has 2 aromatic rings. The highest BCUT2D eigenvalue weighted by Crippen LogP contribution is 2.18. The van der Waals surface area contributed by atoms with Crippen molar-refractivity contribution in [2.45, 2.75) is 0 Å². The number of nitrogens with one attached hydrogen (secondary N) is 1. The van der Waals surface area contributed by atoms with Crippen molar-refractivity contribution >= 4 is 23.4 Å². The van der Waals surface area contributed by atoms with Crippen molar-refractivity contribution in [3.8, 4) is 0 Å². The third-order valence-electron chi connectivity index (χ3n) is 2.80. The molecule has 0 unspecified atom stereocenters. The van der Waals surface area contributed by atoms with Crippen molar-refractivity contribution in [1.82, 2.24) is 0 Å². The molecule has 0 aliphatic carbocycles. The van der Waals surface area contributed by atoms with E-state index in [0.717, 1.165) is 6.08 Å². The summed E-state index contributed by atoms with van der Waals surface area (Å²) in [6.07, 6.45) is 2.36. The number of rotatable bonds is 4. The number of nitro groups is 1. The average Bonchev–Trinajstić information content (AvgIpc) is 2.51. The minimum Gasteiger partial charge on any atom is -0.320 e. The van der Waals surface area contributed by atoms with E-state index in [4.69, 9.17) is 0 Å². The molecule has 0 aliphatic rings. The van der Waals surface area contributed by atoms with Gasteiger partial charge in [-0.2, -0.15) is 0 Å². The molecule has 0 bridgehead atoms. The van der Waals surface area contributed by atoms with Gasteiger partial charge in [-0.3, -0.25) is 14.9 Å². The van der Waals surface area contributed by atoms with Crippen LogP contribution in [0, 0.1) is 27.6 Å². The van der Waals surface area contributed by atoms with Gasteiger partial charge in [0, 0.05) is 30.3 Å². The van der Waals surface area contributed by atoms with Crippen LogP contribution in [0.15, 0.2) is 42.5 Å². The Morgan fingerprint density at radius 1 is 1.04 bits per heavy atom. The molecule has 0 heterocycles. The summed E-state index contributed by atoms with van der Waals surface area (Å²) in [6, 6.07) is 6.20. The van der Waals surface area contributed by atoms with E-state index in [2.05, 4.69) is 5.32 Å². The van der Waals surface area contributed by atoms with Gasteiger partial charge in [-0.25, -0.2) is 13.2 Å². The Balaban J connectivity index is 2.07. The highest BCUT2D eigenvalue weighted by atomic mass is 19.2. The maximum Gasteiger partial charge on any atom is 0.269 e. The lowest BCUT2D eigenvalue weighted by Gasteiger charge is -2.04. The molecule has 1 N–H and O–H groups in total. The van der Waals surface area contributed by atoms with Crippen LogP contribution in [0.3, 0.4) is 0 Å². The number of hydrogen-bond acceptors (Lipinski definition) is 3. The van der Waals surface area contributed by atoms with Crippen LogP contribution in [-0.4, -0.2) is 10.8 Å². The number of nitrogens with zero attached hydrogens (tertiary/aromatic N) is 1. The lowest BCUT2D eigenvalue weighted by Crippen LogP contribution is -2.10. The number of benzene rings is 2. The molecule has 0 atom stereocenters. The molecule has 0 saturated heterocycles. The summed E-state index contributed by atoms with van der Waals surface area (Å²) in [6.45, 7) is 0. The molecule has 0 saturated carbocycles. The van der Waals surface area contributed by atoms with E-state index in [0.29, 0.717) is 17.7 Å². The number of amides is 1. The molecule has 1 amide bonds. The molecular formula is C15H9F3N2O3. The smallest absolute Gasteiger partial charge is 0.269 e. The lowest BCUT2D eigenvalue weighted by atomic mass is 10.2. The molecular weight excluding hydrogens is 313 g/mol. The SMILES string of the molecule is O=C(C=Cc1ccc([N+](=O)[O-])cc1)Nc1cc(F)c(F)cc1F. The van der Waals surface area contributed by atoms with Crippen LogP contribution in [0.4, 0.5) is 24.5 Å². The first kappa shape index (κ1) is 16.2. The summed E-state index contributed by atoms with van der Waals surface area (Å²) < 4.78 is 39.1. The molecule has 5 nitrogen and oxygen atoms in total. The van der Waals surface area contributed by atoms with Gasteiger partial charge in [0.1, 0.15) is 5.82 Å². The van der Waals surface area contributed by atoms with Gasteiger partial charge in [0.15, 0.2) is 11.6 Å². The van der Waals surface area contributed by atoms with Gasteiger partial charge in [0.25, 0.3) is 5.69 Å². The summed E-state index contributed by atoms with van der Waals surface area (Å²) in [4.78, 5) is 21.6. The van der Waals surface area contributed by atoms with E-state index < -0.39 is 34.0 Å². The first-order chi connectivity index (χ1) is 10.9. The van der Waals surface area contributed by atoms with Gasteiger partial charge in [-0.1, -0.05) is 0 Å². The first-order valence-corrected chi connectivity index (χ1v) is 6.25. The third kappa shape index (κ3) is 4.16. The van der Waals surface area contributed by atoms with Crippen molar-refractivity contribution in [1.29, 1.82) is 0 Å². The Hall–Kier alpha value is -3.16. The van der Waals surface area contributed by atoms with Crippen LogP contribution in [0.2, 0.25) is 0 Å². The lowest BCUT2D eigenvalue weighted by molar-refractivity contribution is -0.384. The largest absolute Gasteiger partial charge is 0.320 e. The van der Waals surface area contributed by atoms with E-state index in [1.165, 1.54) is 30.3 Å². The quantitative estimate of drug-likeness (QED) is 0.404. The predicted octanol–water partition coefficient (Wildman–Crippen LogP) is 3.66. The number of halogens is 3. The first-order valence-electron chi connectivity index (χ1n) is 6.25. The van der Waals surface area contributed by atoms with Crippen LogP contribution in [0.1, 0.15) is 5.56 Å². The minimum absolute atomic E-state index is 0.101. The second-order valence-electron chi connectivity index (χ2n) is 4.42. The van der Waals surface area contributed by atoms with Crippen LogP contribution in [0.5, 0.6) is 0 Å². The summed E-state index contributed by atoms with van der Waals surface area (Å²) in [7, 11) is 0. The van der Waals surface area contributed by atoms with Crippen molar-refractivity contribution in [2.75, 3.05) is 5.32 Å². The van der Waals surface area contributed by atoms with Gasteiger partial charge in [-0.05, 0) is 23.8 Å². The van der Waals surface area contributed by atoms with Crippen LogP contribution in [-0.2, 0) is 4.79 Å². The molecule has 0 fully saturated rings. The number of carbonyl (C=O) groups excluding carboxylic acids is 1. The third-order valence-corrected chi connectivity index (χ3v) is 2.80. The summed E-state index contributed by atoms with van der Waals surface area (Å²) in [5, 5.41) is 12.6. The Morgan fingerprint density at radius 3 is 2.26 bits per heavy atom. The molecule has 0 aliphatic heterocycles. The molecule has 2 aromatic carbocycles. The Bertz CT molecular complexity index is 789. The van der Waals surface area contributed by atoms with Crippen molar-refractivity contribution in [3.63, 3.8) is 0 Å². The summed E-state index contributed by atoms with van der Waals surface area (Å²) in [5.41, 5.74) is -0.103. The zero-order valence-electron chi connectivity index (χ0n) is 11.4. The molecule has 23 heavy (non-hydrogen) atoms. The second kappa shape index (κ2) is 6.73. The van der Waals surface area contributed by atoms with E-state index in [1.807, 2.05) is 0 Å². The fourth-order valence-electron chi connectivity index (χ4n) is 1.67. The Labute approximate surface area is 128 Å². The zero-order chi connectivity index (χ0) is 17.0. The van der Waals surface area contributed by atoms with E-state index in [1.54, 1.807) is 0 Å². The zero-order valence-corrected chi connectivity index (χ0v) is 11.4. The number of non-ortho nitro benzene ring substituents is 1. The molecule has 118 valence electrons. The topological polar surface area (TPSA) is 72.2 Å². The van der Waals surface area contributed by atoms with Crippen molar-refractivity contribution in [3.05, 3.63) is 75.6 Å². The number of nitro benzene ring substituents is 1. The summed E-state index contributed by atoms with van der Waals surface area (Å²) in [5.74, 6) is -4.53. The van der Waals surface area contributed by atoms with Gasteiger partial charge in [0.2, 0.25) is 5.91 Å². The monoisotopic (exact) mass is 322 g/mol. The Kier molecular flexibility index (Phi) is 4.75. The van der Waals surface area contributed by atoms with Crippen LogP contribution in [0.25, 0.3) is 6.08 Å². The van der Waals surface area contributed by atoms with Gasteiger partial charge < -0.3 is 5.32 Å². The minimum atomic E-state index is -1.36. The highest BCUT2D eigenvalue weighted by molar-refractivity contribution is 6.02. The van der Waals surface area contributed by atoms with Crippen LogP contribution < -0.4 is 5.32 Å². The van der Waals surface area contributed by atoms with E-state index in [-0.39, 0.29) is 5.69 Å². The number of carbonyl (C=O) groups is 1. The van der Waals surface area contributed by atoms with Crippen molar-refractivity contribution in [2.24, 2.45) is 0 Å².